The van der Waals surface area contributed by atoms with Crippen molar-refractivity contribution >= 4 is 11.6 Å². The highest BCUT2D eigenvalue weighted by Crippen LogP contribution is 2.49. The number of alkyl halides is 3. The number of halogens is 3. The summed E-state index contributed by atoms with van der Waals surface area (Å²) in [5, 5.41) is 14.7. The van der Waals surface area contributed by atoms with E-state index in [1.54, 1.807) is 6.07 Å². The van der Waals surface area contributed by atoms with Gasteiger partial charge in [0.15, 0.2) is 0 Å². The lowest BCUT2D eigenvalue weighted by atomic mass is 9.76. The molecule has 3 atom stereocenters. The van der Waals surface area contributed by atoms with E-state index in [9.17, 15) is 23.1 Å². The fraction of sp³-hybridized carbons (Fsp3) is 0.529. The second kappa shape index (κ2) is 6.01. The number of hydrazone groups is 1. The largest absolute Gasteiger partial charge is 0.497 e. The fourth-order valence-electron chi connectivity index (χ4n) is 3.49. The third-order valence-corrected chi connectivity index (χ3v) is 4.90. The van der Waals surface area contributed by atoms with E-state index in [-0.39, 0.29) is 28.6 Å². The van der Waals surface area contributed by atoms with E-state index >= 15 is 0 Å². The number of fused-ring (bicyclic) bond motifs is 1. The minimum atomic E-state index is -5.02. The Morgan fingerprint density at radius 3 is 2.80 bits per heavy atom. The number of ether oxygens (including phenoxy) is 1. The molecule has 1 N–H and O–H groups in total. The lowest BCUT2D eigenvalue weighted by Gasteiger charge is -2.39. The molecule has 5 nitrogen and oxygen atoms in total. The maximum absolute atomic E-state index is 13.8. The Labute approximate surface area is 143 Å². The number of carbonyl (C=O) groups is 1. The second-order valence-corrected chi connectivity index (χ2v) is 6.60. The van der Waals surface area contributed by atoms with Crippen molar-refractivity contribution in [2.75, 3.05) is 7.11 Å². The molecule has 1 heterocycles. The third kappa shape index (κ3) is 2.78. The lowest BCUT2D eigenvalue weighted by molar-refractivity contribution is -0.313. The van der Waals surface area contributed by atoms with E-state index in [0.29, 0.717) is 18.6 Å². The molecule has 1 saturated carbocycles. The van der Waals surface area contributed by atoms with E-state index in [1.165, 1.54) is 25.3 Å². The normalized spacial score (nSPS) is 29.2. The van der Waals surface area contributed by atoms with Gasteiger partial charge in [0.2, 0.25) is 0 Å². The molecule has 1 aromatic rings. The quantitative estimate of drug-likeness (QED) is 0.885. The van der Waals surface area contributed by atoms with Crippen LogP contribution in [0.4, 0.5) is 13.2 Å². The van der Waals surface area contributed by atoms with Crippen molar-refractivity contribution in [1.29, 1.82) is 0 Å². The van der Waals surface area contributed by atoms with Crippen LogP contribution in [0.1, 0.15) is 36.5 Å². The first-order valence-corrected chi connectivity index (χ1v) is 8.03. The van der Waals surface area contributed by atoms with Crippen LogP contribution in [0.15, 0.2) is 29.4 Å². The fourth-order valence-corrected chi connectivity index (χ4v) is 3.49. The number of benzene rings is 1. The molecule has 136 valence electrons. The van der Waals surface area contributed by atoms with Gasteiger partial charge in [-0.25, -0.2) is 0 Å². The van der Waals surface area contributed by atoms with Crippen LogP contribution in [-0.2, 0) is 0 Å². The minimum Gasteiger partial charge on any atom is -0.497 e. The Bertz CT molecular complexity index is 719. The molecule has 1 aliphatic heterocycles. The zero-order valence-electron chi connectivity index (χ0n) is 13.9. The van der Waals surface area contributed by atoms with E-state index in [2.05, 4.69) is 5.10 Å². The van der Waals surface area contributed by atoms with Crippen LogP contribution < -0.4 is 4.74 Å². The Hall–Kier alpha value is -2.09. The van der Waals surface area contributed by atoms with Crippen LogP contribution in [0.2, 0.25) is 0 Å². The summed E-state index contributed by atoms with van der Waals surface area (Å²) in [6.45, 7) is 1.83. The van der Waals surface area contributed by atoms with Gasteiger partial charge in [-0.3, -0.25) is 4.79 Å². The van der Waals surface area contributed by atoms with Gasteiger partial charge in [-0.1, -0.05) is 13.0 Å². The van der Waals surface area contributed by atoms with Crippen molar-refractivity contribution in [3.05, 3.63) is 29.8 Å². The summed E-state index contributed by atoms with van der Waals surface area (Å²) in [5.41, 5.74) is -3.12. The average molecular weight is 356 g/mol. The molecular formula is C17H19F3N2O3. The van der Waals surface area contributed by atoms with Crippen molar-refractivity contribution in [3.63, 3.8) is 0 Å². The van der Waals surface area contributed by atoms with Gasteiger partial charge in [0.1, 0.15) is 5.75 Å². The van der Waals surface area contributed by atoms with Crippen LogP contribution in [0.3, 0.4) is 0 Å². The van der Waals surface area contributed by atoms with Gasteiger partial charge in [0.25, 0.3) is 11.6 Å². The van der Waals surface area contributed by atoms with E-state index in [1.807, 2.05) is 6.92 Å². The number of carbonyl (C=O) groups excluding carboxylic acids is 1. The van der Waals surface area contributed by atoms with Gasteiger partial charge in [0, 0.05) is 11.3 Å². The molecule has 0 saturated heterocycles. The summed E-state index contributed by atoms with van der Waals surface area (Å²) in [5.74, 6) is -1.89. The van der Waals surface area contributed by atoms with Gasteiger partial charge in [-0.05, 0) is 43.4 Å². The third-order valence-electron chi connectivity index (χ3n) is 4.90. The first kappa shape index (κ1) is 17.7. The number of methoxy groups -OCH3 is 1. The van der Waals surface area contributed by atoms with Crippen LogP contribution in [0, 0.1) is 11.8 Å². The summed E-state index contributed by atoms with van der Waals surface area (Å²) in [6.07, 6.45) is -3.86. The Morgan fingerprint density at radius 1 is 1.44 bits per heavy atom. The first-order valence-electron chi connectivity index (χ1n) is 8.03. The summed E-state index contributed by atoms with van der Waals surface area (Å²) < 4.78 is 46.3. The molecule has 1 aromatic carbocycles. The molecule has 8 heteroatoms. The zero-order valence-corrected chi connectivity index (χ0v) is 13.9. The lowest BCUT2D eigenvalue weighted by Crippen LogP contribution is -2.61. The van der Waals surface area contributed by atoms with Crippen molar-refractivity contribution in [2.45, 2.75) is 38.1 Å². The highest BCUT2D eigenvalue weighted by molar-refractivity contribution is 5.99. The average Bonchev–Trinajstić information content (AvgIpc) is 2.88. The highest BCUT2D eigenvalue weighted by atomic mass is 19.4. The molecule has 0 bridgehead atoms. The predicted molar refractivity (Wildman–Crippen MR) is 84.1 cm³/mol. The maximum atomic E-state index is 13.8. The number of amides is 1. The topological polar surface area (TPSA) is 62.1 Å². The maximum Gasteiger partial charge on any atom is 0.439 e. The van der Waals surface area contributed by atoms with E-state index in [4.69, 9.17) is 4.74 Å². The SMILES string of the molecule is COc1cccc(C(=O)N2N=C3CC[C@@H](C)C[C@H]3[C@]2(O)C(F)(F)F)c1. The standard InChI is InChI=1S/C17H19F3N2O3/c1-10-6-7-14-13(8-10)16(24,17(18,19)20)22(21-14)15(23)11-4-3-5-12(9-11)25-2/h3-5,9-10,13,24H,6-8H2,1-2H3/t10-,13-,16+/m1/s1. The number of hydrogen-bond acceptors (Lipinski definition) is 4. The predicted octanol–water partition coefficient (Wildman–Crippen LogP) is 3.19. The molecule has 1 fully saturated rings. The summed E-state index contributed by atoms with van der Waals surface area (Å²) in [4.78, 5) is 12.7. The number of hydrogen-bond donors (Lipinski definition) is 1. The molecule has 2 aliphatic rings. The van der Waals surface area contributed by atoms with Crippen molar-refractivity contribution in [1.82, 2.24) is 5.01 Å². The van der Waals surface area contributed by atoms with Gasteiger partial charge in [0.05, 0.1) is 13.0 Å². The van der Waals surface area contributed by atoms with Crippen LogP contribution in [0.25, 0.3) is 0 Å². The van der Waals surface area contributed by atoms with Gasteiger partial charge >= 0.3 is 6.18 Å². The molecule has 0 aromatic heterocycles. The van der Waals surface area contributed by atoms with Crippen LogP contribution in [-0.4, -0.2) is 40.7 Å². The molecule has 0 unspecified atom stereocenters. The first-order chi connectivity index (χ1) is 11.7. The zero-order chi connectivity index (χ0) is 18.4. The Kier molecular flexibility index (Phi) is 4.26. The van der Waals surface area contributed by atoms with Crippen LogP contribution in [0.5, 0.6) is 5.75 Å². The second-order valence-electron chi connectivity index (χ2n) is 6.60. The monoisotopic (exact) mass is 356 g/mol. The van der Waals surface area contributed by atoms with Crippen molar-refractivity contribution in [3.8, 4) is 5.75 Å². The van der Waals surface area contributed by atoms with Gasteiger partial charge in [-0.2, -0.15) is 23.3 Å². The molecule has 1 aliphatic carbocycles. The number of nitrogens with zero attached hydrogens (tertiary/aromatic N) is 2. The van der Waals surface area contributed by atoms with Gasteiger partial charge < -0.3 is 9.84 Å². The molecule has 0 spiro atoms. The summed E-state index contributed by atoms with van der Waals surface area (Å²) in [7, 11) is 1.39. The molecule has 25 heavy (non-hydrogen) atoms. The Balaban J connectivity index is 2.03. The minimum absolute atomic E-state index is 0.0182. The van der Waals surface area contributed by atoms with E-state index < -0.39 is 23.7 Å². The number of rotatable bonds is 2. The van der Waals surface area contributed by atoms with Gasteiger partial charge in [-0.15, -0.1) is 0 Å². The van der Waals surface area contributed by atoms with E-state index in [0.717, 1.165) is 0 Å². The molecule has 3 rings (SSSR count). The molecule has 1 amide bonds. The smallest absolute Gasteiger partial charge is 0.439 e. The number of aliphatic hydroxyl groups is 1. The van der Waals surface area contributed by atoms with Crippen LogP contribution >= 0.6 is 0 Å². The van der Waals surface area contributed by atoms with Crippen molar-refractivity contribution < 1.29 is 27.8 Å². The summed E-state index contributed by atoms with van der Waals surface area (Å²) in [6, 6.07) is 5.76. The Morgan fingerprint density at radius 2 is 2.16 bits per heavy atom. The highest BCUT2D eigenvalue weighted by Gasteiger charge is 2.68. The molecule has 0 radical (unpaired) electrons. The molecular weight excluding hydrogens is 337 g/mol. The summed E-state index contributed by atoms with van der Waals surface area (Å²) >= 11 is 0. The van der Waals surface area contributed by atoms with Crippen molar-refractivity contribution in [2.24, 2.45) is 16.9 Å².